The molecule has 0 bridgehead atoms. The van der Waals surface area contributed by atoms with Crippen LogP contribution < -0.4 is 9.54 Å². The van der Waals surface area contributed by atoms with Gasteiger partial charge in [-0.2, -0.15) is 18.3 Å². The average Bonchev–Trinajstić information content (AvgIpc) is 3.18. The molecule has 35 heavy (non-hydrogen) atoms. The molecule has 4 rings (SSSR count). The Morgan fingerprint density at radius 1 is 1.03 bits per heavy atom. The van der Waals surface area contributed by atoms with Crippen LogP contribution in [0.2, 0.25) is 10.0 Å². The quantitative estimate of drug-likeness (QED) is 0.285. The largest absolute Gasteiger partial charge is 0.480 e. The molecule has 0 radical (unpaired) electrons. The summed E-state index contributed by atoms with van der Waals surface area (Å²) in [6.45, 7) is -0.433. The van der Waals surface area contributed by atoms with Gasteiger partial charge in [-0.1, -0.05) is 52.7 Å². The Morgan fingerprint density at radius 3 is 2.43 bits per heavy atom. The number of hydrogen-bond donors (Lipinski definition) is 1. The summed E-state index contributed by atoms with van der Waals surface area (Å²) < 4.78 is 45.8. The second kappa shape index (κ2) is 10.1. The first-order chi connectivity index (χ1) is 16.6. The zero-order valence-corrected chi connectivity index (χ0v) is 19.8. The van der Waals surface area contributed by atoms with Crippen LogP contribution in [-0.2, 0) is 17.5 Å². The molecule has 0 unspecified atom stereocenters. The molecule has 0 saturated carbocycles. The molecule has 6 nitrogen and oxygen atoms in total. The predicted molar refractivity (Wildman–Crippen MR) is 126 cm³/mol. The molecule has 0 spiro atoms. The normalized spacial score (nSPS) is 12.1. The van der Waals surface area contributed by atoms with E-state index >= 15 is 0 Å². The maximum atomic E-state index is 13.0. The predicted octanol–water partition coefficient (Wildman–Crippen LogP) is 7.05. The van der Waals surface area contributed by atoms with E-state index in [0.29, 0.717) is 31.1 Å². The van der Waals surface area contributed by atoms with Gasteiger partial charge in [-0.25, -0.2) is 9.67 Å². The van der Waals surface area contributed by atoms with Crippen LogP contribution in [0.3, 0.4) is 0 Å². The monoisotopic (exact) mass is 539 g/mol. The number of halogens is 5. The minimum absolute atomic E-state index is 0.0207. The number of ether oxygens (including phenoxy) is 1. The van der Waals surface area contributed by atoms with E-state index in [2.05, 4.69) is 10.1 Å². The Labute approximate surface area is 210 Å². The Hall–Kier alpha value is -3.34. The number of aromatic nitrogens is 2. The number of nitrogens with zero attached hydrogens (tertiary/aromatic N) is 3. The number of carboxylic acids is 1. The number of rotatable bonds is 6. The van der Waals surface area contributed by atoms with Gasteiger partial charge >= 0.3 is 12.1 Å². The van der Waals surface area contributed by atoms with Crippen molar-refractivity contribution in [2.75, 3.05) is 0 Å². The van der Waals surface area contributed by atoms with Crippen LogP contribution in [0.4, 0.5) is 18.9 Å². The molecule has 0 aliphatic carbocycles. The summed E-state index contributed by atoms with van der Waals surface area (Å²) in [5.41, 5.74) is 0.193. The lowest BCUT2D eigenvalue weighted by atomic mass is 10.2. The fraction of sp³-hybridized carbons (Fsp3) is 0.0870. The zero-order chi connectivity index (χ0) is 25.2. The van der Waals surface area contributed by atoms with E-state index in [1.165, 1.54) is 22.9 Å². The van der Waals surface area contributed by atoms with Gasteiger partial charge in [0.2, 0.25) is 4.80 Å². The number of alkyl halides is 3. The molecule has 0 amide bonds. The summed E-state index contributed by atoms with van der Waals surface area (Å²) in [6.07, 6.45) is -4.49. The molecular weight excluding hydrogens is 526 g/mol. The molecule has 1 heterocycles. The number of carbonyl (C=O) groups is 1. The first-order valence-electron chi connectivity index (χ1n) is 9.83. The SMILES string of the molecule is O=C(O)Cn1nc(-c2cccc(Oc3cccc(C(F)(F)F)c3)c2)s/c1=N\c1ccc(Cl)c(Cl)c1. The van der Waals surface area contributed by atoms with Crippen LogP contribution in [0.5, 0.6) is 11.5 Å². The van der Waals surface area contributed by atoms with Gasteiger partial charge in [0.05, 0.1) is 21.3 Å². The molecule has 4 aromatic rings. The Morgan fingerprint density at radius 2 is 1.74 bits per heavy atom. The van der Waals surface area contributed by atoms with Crippen molar-refractivity contribution in [1.82, 2.24) is 9.78 Å². The van der Waals surface area contributed by atoms with Crippen molar-refractivity contribution >= 4 is 46.2 Å². The minimum atomic E-state index is -4.49. The number of carboxylic acid groups (broad SMARTS) is 1. The van der Waals surface area contributed by atoms with Crippen molar-refractivity contribution in [2.24, 2.45) is 4.99 Å². The number of aliphatic carboxylic acids is 1. The van der Waals surface area contributed by atoms with Crippen molar-refractivity contribution in [3.8, 4) is 22.1 Å². The smallest absolute Gasteiger partial charge is 0.416 e. The minimum Gasteiger partial charge on any atom is -0.480 e. The summed E-state index contributed by atoms with van der Waals surface area (Å²) >= 11 is 13.1. The molecule has 0 atom stereocenters. The maximum Gasteiger partial charge on any atom is 0.416 e. The third kappa shape index (κ3) is 6.21. The van der Waals surface area contributed by atoms with Crippen molar-refractivity contribution in [3.05, 3.63) is 87.1 Å². The lowest BCUT2D eigenvalue weighted by molar-refractivity contribution is -0.138. The standard InChI is InChI=1S/C23H14Cl2F3N3O3S/c24-18-8-7-15(11-19(18)25)29-22-31(12-20(32)33)30-21(35-22)13-3-1-5-16(9-13)34-17-6-2-4-14(10-17)23(26,27)28/h1-11H,12H2,(H,32,33)/b29-22-. The molecule has 1 N–H and O–H groups in total. The highest BCUT2D eigenvalue weighted by Crippen LogP contribution is 2.34. The van der Waals surface area contributed by atoms with Gasteiger partial charge in [-0.3, -0.25) is 4.79 Å². The van der Waals surface area contributed by atoms with Gasteiger partial charge < -0.3 is 9.84 Å². The van der Waals surface area contributed by atoms with Crippen molar-refractivity contribution in [2.45, 2.75) is 12.7 Å². The van der Waals surface area contributed by atoms with E-state index in [0.717, 1.165) is 23.5 Å². The molecule has 180 valence electrons. The van der Waals surface area contributed by atoms with E-state index < -0.39 is 24.3 Å². The molecule has 0 saturated heterocycles. The van der Waals surface area contributed by atoms with Gasteiger partial charge in [-0.05, 0) is 48.5 Å². The molecule has 0 aliphatic rings. The number of hydrogen-bond acceptors (Lipinski definition) is 5. The topological polar surface area (TPSA) is 76.7 Å². The van der Waals surface area contributed by atoms with Crippen LogP contribution in [-0.4, -0.2) is 20.9 Å². The number of benzene rings is 3. The lowest BCUT2D eigenvalue weighted by Gasteiger charge is -2.10. The lowest BCUT2D eigenvalue weighted by Crippen LogP contribution is -2.21. The highest BCUT2D eigenvalue weighted by Gasteiger charge is 2.30. The third-order valence-corrected chi connectivity index (χ3v) is 6.25. The summed E-state index contributed by atoms with van der Waals surface area (Å²) in [7, 11) is 0. The van der Waals surface area contributed by atoms with Gasteiger partial charge in [0.15, 0.2) is 0 Å². The van der Waals surface area contributed by atoms with Gasteiger partial charge in [-0.15, -0.1) is 0 Å². The fourth-order valence-electron chi connectivity index (χ4n) is 2.97. The third-order valence-electron chi connectivity index (χ3n) is 4.51. The first kappa shape index (κ1) is 24.8. The van der Waals surface area contributed by atoms with E-state index in [-0.39, 0.29) is 11.5 Å². The fourth-order valence-corrected chi connectivity index (χ4v) is 4.18. The van der Waals surface area contributed by atoms with Crippen LogP contribution >= 0.6 is 34.5 Å². The van der Waals surface area contributed by atoms with Crippen LogP contribution in [0.25, 0.3) is 10.6 Å². The molecule has 0 aliphatic heterocycles. The zero-order valence-electron chi connectivity index (χ0n) is 17.5. The highest BCUT2D eigenvalue weighted by atomic mass is 35.5. The van der Waals surface area contributed by atoms with E-state index in [4.69, 9.17) is 27.9 Å². The Kier molecular flexibility index (Phi) is 7.15. The summed E-state index contributed by atoms with van der Waals surface area (Å²) in [4.78, 5) is 16.1. The van der Waals surface area contributed by atoms with Crippen molar-refractivity contribution in [3.63, 3.8) is 0 Å². The van der Waals surface area contributed by atoms with E-state index in [9.17, 15) is 23.1 Å². The second-order valence-electron chi connectivity index (χ2n) is 7.11. The van der Waals surface area contributed by atoms with Crippen molar-refractivity contribution < 1.29 is 27.8 Å². The van der Waals surface area contributed by atoms with Crippen LogP contribution in [0.1, 0.15) is 5.56 Å². The summed E-state index contributed by atoms with van der Waals surface area (Å²) in [6, 6.07) is 15.8. The first-order valence-corrected chi connectivity index (χ1v) is 11.4. The summed E-state index contributed by atoms with van der Waals surface area (Å²) in [5, 5.41) is 14.7. The molecule has 0 fully saturated rings. The molecule has 1 aromatic heterocycles. The molecular formula is C23H14Cl2F3N3O3S. The van der Waals surface area contributed by atoms with Gasteiger partial charge in [0.1, 0.15) is 23.1 Å². The van der Waals surface area contributed by atoms with Crippen LogP contribution in [0.15, 0.2) is 71.7 Å². The average molecular weight is 540 g/mol. The summed E-state index contributed by atoms with van der Waals surface area (Å²) in [5.74, 6) is -0.809. The maximum absolute atomic E-state index is 13.0. The second-order valence-corrected chi connectivity index (χ2v) is 8.88. The van der Waals surface area contributed by atoms with E-state index in [1.54, 1.807) is 36.4 Å². The highest BCUT2D eigenvalue weighted by molar-refractivity contribution is 7.12. The van der Waals surface area contributed by atoms with Crippen LogP contribution in [0, 0.1) is 0 Å². The van der Waals surface area contributed by atoms with Gasteiger partial charge in [0, 0.05) is 5.56 Å². The van der Waals surface area contributed by atoms with Crippen molar-refractivity contribution in [1.29, 1.82) is 0 Å². The van der Waals surface area contributed by atoms with E-state index in [1.807, 2.05) is 0 Å². The Balaban J connectivity index is 1.69. The molecule has 3 aromatic carbocycles. The Bertz CT molecular complexity index is 1470. The van der Waals surface area contributed by atoms with Gasteiger partial charge in [0.25, 0.3) is 0 Å². The molecule has 12 heteroatoms.